The molecule has 0 atom stereocenters. The van der Waals surface area contributed by atoms with Gasteiger partial charge in [-0.15, -0.1) is 0 Å². The molecule has 4 rings (SSSR count). The Hall–Kier alpha value is -3.96. The Kier molecular flexibility index (Phi) is 7.28. The fourth-order valence-electron chi connectivity index (χ4n) is 3.76. The van der Waals surface area contributed by atoms with Crippen LogP contribution in [0.4, 0.5) is 5.69 Å². The lowest BCUT2D eigenvalue weighted by atomic mass is 10.0. The zero-order valence-electron chi connectivity index (χ0n) is 19.8. The highest BCUT2D eigenvalue weighted by atomic mass is 32.2. The number of rotatable bonds is 7. The van der Waals surface area contributed by atoms with Crippen molar-refractivity contribution < 1.29 is 13.2 Å². The second-order valence-electron chi connectivity index (χ2n) is 8.24. The third kappa shape index (κ3) is 5.42. The summed E-state index contributed by atoms with van der Waals surface area (Å²) < 4.78 is 28.7. The number of benzene rings is 4. The molecule has 0 bridgehead atoms. The van der Waals surface area contributed by atoms with Crippen LogP contribution in [0.5, 0.6) is 0 Å². The van der Waals surface area contributed by atoms with Crippen LogP contribution in [0, 0.1) is 6.92 Å². The van der Waals surface area contributed by atoms with Crippen LogP contribution >= 0.6 is 0 Å². The van der Waals surface area contributed by atoms with E-state index in [-0.39, 0.29) is 10.5 Å². The first kappa shape index (κ1) is 24.2. The molecule has 0 N–H and O–H groups in total. The van der Waals surface area contributed by atoms with E-state index in [4.69, 9.17) is 0 Å². The molecular weight excluding hydrogens is 454 g/mol. The molecule has 0 radical (unpaired) electrons. The third-order valence-corrected chi connectivity index (χ3v) is 7.47. The van der Waals surface area contributed by atoms with Crippen molar-refractivity contribution >= 4 is 33.3 Å². The monoisotopic (exact) mass is 481 g/mol. The van der Waals surface area contributed by atoms with E-state index in [2.05, 4.69) is 0 Å². The predicted octanol–water partition coefficient (Wildman–Crippen LogP) is 6.52. The largest absolute Gasteiger partial charge is 0.272 e. The summed E-state index contributed by atoms with van der Waals surface area (Å²) >= 11 is 0. The summed E-state index contributed by atoms with van der Waals surface area (Å²) in [6, 6.07) is 32.2. The number of aryl methyl sites for hydroxylation is 2. The van der Waals surface area contributed by atoms with Gasteiger partial charge in [0.15, 0.2) is 0 Å². The van der Waals surface area contributed by atoms with Gasteiger partial charge in [-0.1, -0.05) is 97.4 Å². The van der Waals surface area contributed by atoms with Gasteiger partial charge in [0, 0.05) is 5.57 Å². The van der Waals surface area contributed by atoms with Gasteiger partial charge in [0.1, 0.15) is 0 Å². The predicted molar refractivity (Wildman–Crippen MR) is 142 cm³/mol. The van der Waals surface area contributed by atoms with Gasteiger partial charge in [0.05, 0.1) is 10.6 Å². The van der Waals surface area contributed by atoms with Crippen molar-refractivity contribution in [3.05, 3.63) is 131 Å². The first-order chi connectivity index (χ1) is 16.9. The number of carbonyl (C=O) groups is 1. The molecule has 4 nitrogen and oxygen atoms in total. The summed E-state index contributed by atoms with van der Waals surface area (Å²) in [5.74, 6) is -0.620. The van der Waals surface area contributed by atoms with E-state index >= 15 is 0 Å². The molecule has 0 saturated carbocycles. The molecule has 4 aromatic carbocycles. The molecule has 0 aliphatic carbocycles. The lowest BCUT2D eigenvalue weighted by molar-refractivity contribution is -0.112. The van der Waals surface area contributed by atoms with Crippen LogP contribution in [0.2, 0.25) is 0 Å². The second kappa shape index (κ2) is 10.5. The Morgan fingerprint density at radius 2 is 1.34 bits per heavy atom. The van der Waals surface area contributed by atoms with Crippen molar-refractivity contribution in [3.63, 3.8) is 0 Å². The number of hydrogen-bond acceptors (Lipinski definition) is 3. The third-order valence-electron chi connectivity index (χ3n) is 5.75. The Balaban J connectivity index is 1.91. The molecule has 0 aromatic heterocycles. The average molecular weight is 482 g/mol. The van der Waals surface area contributed by atoms with Crippen molar-refractivity contribution in [1.82, 2.24) is 0 Å². The number of carbonyl (C=O) groups excluding carboxylic acids is 1. The molecular formula is C30H27NO3S. The Morgan fingerprint density at radius 1 is 0.771 bits per heavy atom. The molecule has 0 aliphatic heterocycles. The van der Waals surface area contributed by atoms with Crippen LogP contribution in [-0.2, 0) is 21.2 Å². The van der Waals surface area contributed by atoms with Crippen LogP contribution in [0.1, 0.15) is 29.2 Å². The highest BCUT2D eigenvalue weighted by Crippen LogP contribution is 2.30. The molecule has 4 aromatic rings. The maximum atomic E-state index is 14.2. The first-order valence-electron chi connectivity index (χ1n) is 11.5. The van der Waals surface area contributed by atoms with Crippen molar-refractivity contribution in [2.24, 2.45) is 0 Å². The molecule has 1 amide bonds. The first-order valence-corrected chi connectivity index (χ1v) is 12.9. The normalized spacial score (nSPS) is 11.8. The van der Waals surface area contributed by atoms with E-state index in [0.29, 0.717) is 11.3 Å². The van der Waals surface area contributed by atoms with Crippen LogP contribution in [0.15, 0.2) is 114 Å². The number of sulfonamides is 1. The number of anilines is 1. The van der Waals surface area contributed by atoms with Gasteiger partial charge in [0.25, 0.3) is 15.9 Å². The molecule has 0 heterocycles. The van der Waals surface area contributed by atoms with Gasteiger partial charge in [-0.2, -0.15) is 4.31 Å². The minimum atomic E-state index is -4.19. The second-order valence-corrected chi connectivity index (χ2v) is 10.0. The van der Waals surface area contributed by atoms with E-state index in [1.807, 2.05) is 86.6 Å². The van der Waals surface area contributed by atoms with Gasteiger partial charge in [-0.25, -0.2) is 8.42 Å². The maximum Gasteiger partial charge on any atom is 0.272 e. The molecule has 176 valence electrons. The van der Waals surface area contributed by atoms with Crippen molar-refractivity contribution in [3.8, 4) is 0 Å². The summed E-state index contributed by atoms with van der Waals surface area (Å²) in [5.41, 5.74) is 4.00. The molecule has 0 unspecified atom stereocenters. The van der Waals surface area contributed by atoms with Crippen LogP contribution in [0.25, 0.3) is 11.6 Å². The summed E-state index contributed by atoms with van der Waals surface area (Å²) in [5, 5.41) is 0. The maximum absolute atomic E-state index is 14.2. The Bertz CT molecular complexity index is 1430. The van der Waals surface area contributed by atoms with E-state index in [1.54, 1.807) is 30.3 Å². The summed E-state index contributed by atoms with van der Waals surface area (Å²) in [4.78, 5) is 14.2. The minimum absolute atomic E-state index is 0.0585. The lowest BCUT2D eigenvalue weighted by Gasteiger charge is -2.24. The standard InChI is InChI=1S/C30H27NO3S/c1-3-24-16-18-27(19-17-24)31(35(33,34)28-20-14-23(2)15-21-28)30(32)29(26-12-8-5-9-13-26)22-25-10-6-4-7-11-25/h4-22H,3H2,1-2H3/b29-22+. The topological polar surface area (TPSA) is 54.5 Å². The van der Waals surface area contributed by atoms with Gasteiger partial charge in [0.2, 0.25) is 0 Å². The van der Waals surface area contributed by atoms with Gasteiger partial charge < -0.3 is 0 Å². The Morgan fingerprint density at radius 3 is 1.91 bits per heavy atom. The van der Waals surface area contributed by atoms with Gasteiger partial charge >= 0.3 is 0 Å². The molecule has 5 heteroatoms. The summed E-state index contributed by atoms with van der Waals surface area (Å²) in [6.45, 7) is 3.91. The van der Waals surface area contributed by atoms with E-state index in [9.17, 15) is 13.2 Å². The van der Waals surface area contributed by atoms with Crippen molar-refractivity contribution in [2.45, 2.75) is 25.2 Å². The van der Waals surface area contributed by atoms with E-state index in [1.165, 1.54) is 12.1 Å². The highest BCUT2D eigenvalue weighted by Gasteiger charge is 2.33. The lowest BCUT2D eigenvalue weighted by Crippen LogP contribution is -2.37. The average Bonchev–Trinajstić information content (AvgIpc) is 2.89. The molecule has 0 aliphatic rings. The highest BCUT2D eigenvalue weighted by molar-refractivity contribution is 7.93. The van der Waals surface area contributed by atoms with Crippen LogP contribution < -0.4 is 4.31 Å². The van der Waals surface area contributed by atoms with Crippen LogP contribution in [0.3, 0.4) is 0 Å². The molecule has 35 heavy (non-hydrogen) atoms. The summed E-state index contributed by atoms with van der Waals surface area (Å²) in [7, 11) is -4.19. The number of nitrogens with zero attached hydrogens (tertiary/aromatic N) is 1. The summed E-state index contributed by atoms with van der Waals surface area (Å²) in [6.07, 6.45) is 2.54. The van der Waals surface area contributed by atoms with Gasteiger partial charge in [-0.3, -0.25) is 4.79 Å². The SMILES string of the molecule is CCc1ccc(N(C(=O)/C(=C/c2ccccc2)c2ccccc2)S(=O)(=O)c2ccc(C)cc2)cc1. The van der Waals surface area contributed by atoms with E-state index in [0.717, 1.165) is 27.4 Å². The fourth-order valence-corrected chi connectivity index (χ4v) is 5.17. The number of hydrogen-bond donors (Lipinski definition) is 0. The molecule has 0 fully saturated rings. The zero-order valence-corrected chi connectivity index (χ0v) is 20.6. The van der Waals surface area contributed by atoms with E-state index < -0.39 is 15.9 Å². The van der Waals surface area contributed by atoms with Gasteiger partial charge in [-0.05, 0) is 60.4 Å². The van der Waals surface area contributed by atoms with Crippen LogP contribution in [-0.4, -0.2) is 14.3 Å². The minimum Gasteiger partial charge on any atom is -0.268 e. The zero-order chi connectivity index (χ0) is 24.8. The fraction of sp³-hybridized carbons (Fsp3) is 0.100. The smallest absolute Gasteiger partial charge is 0.268 e. The number of amides is 1. The Labute approximate surface area is 207 Å². The van der Waals surface area contributed by atoms with Crippen molar-refractivity contribution in [2.75, 3.05) is 4.31 Å². The molecule has 0 spiro atoms. The van der Waals surface area contributed by atoms with Crippen molar-refractivity contribution in [1.29, 1.82) is 0 Å². The quantitative estimate of drug-likeness (QED) is 0.223. The molecule has 0 saturated heterocycles.